The summed E-state index contributed by atoms with van der Waals surface area (Å²) in [7, 11) is 3.62. The highest BCUT2D eigenvalue weighted by atomic mass is 35.5. The zero-order valence-corrected chi connectivity index (χ0v) is 12.8. The topological polar surface area (TPSA) is 50.2 Å². The van der Waals surface area contributed by atoms with Gasteiger partial charge in [-0.05, 0) is 31.2 Å². The van der Waals surface area contributed by atoms with Crippen LogP contribution < -0.4 is 10.2 Å². The van der Waals surface area contributed by atoms with Crippen molar-refractivity contribution in [2.45, 2.75) is 12.5 Å². The summed E-state index contributed by atoms with van der Waals surface area (Å²) in [6.07, 6.45) is 4.43. The maximum atomic E-state index is 12.8. The third kappa shape index (κ3) is 2.54. The number of hydrogen-bond acceptors (Lipinski definition) is 3. The zero-order valence-electron chi connectivity index (χ0n) is 12.0. The number of benzene rings is 1. The van der Waals surface area contributed by atoms with E-state index in [1.54, 1.807) is 22.8 Å². The van der Waals surface area contributed by atoms with Gasteiger partial charge in [-0.15, -0.1) is 0 Å². The second kappa shape index (κ2) is 5.50. The number of amides is 1. The number of carbonyl (C=O) groups is 1. The van der Waals surface area contributed by atoms with Gasteiger partial charge >= 0.3 is 0 Å². The Morgan fingerprint density at radius 2 is 2.29 bits per heavy atom. The van der Waals surface area contributed by atoms with Crippen LogP contribution in [-0.2, 0) is 18.3 Å². The molecule has 2 heterocycles. The summed E-state index contributed by atoms with van der Waals surface area (Å²) < 4.78 is 1.70. The van der Waals surface area contributed by atoms with Crippen LogP contribution in [0.25, 0.3) is 0 Å². The van der Waals surface area contributed by atoms with Gasteiger partial charge in [0.2, 0.25) is 5.91 Å². The van der Waals surface area contributed by atoms with Gasteiger partial charge in [0.15, 0.2) is 0 Å². The number of likely N-dealkylation sites (N-methyl/N-ethyl adjacent to an activating group) is 1. The highest BCUT2D eigenvalue weighted by molar-refractivity contribution is 6.31. The average molecular weight is 305 g/mol. The summed E-state index contributed by atoms with van der Waals surface area (Å²) in [4.78, 5) is 14.6. The van der Waals surface area contributed by atoms with E-state index >= 15 is 0 Å². The highest BCUT2D eigenvalue weighted by Gasteiger charge is 2.31. The van der Waals surface area contributed by atoms with Crippen LogP contribution in [0.3, 0.4) is 0 Å². The van der Waals surface area contributed by atoms with Crippen molar-refractivity contribution in [3.63, 3.8) is 0 Å². The predicted octanol–water partition coefficient (Wildman–Crippen LogP) is 1.92. The van der Waals surface area contributed by atoms with E-state index in [1.165, 1.54) is 0 Å². The second-order valence-electron chi connectivity index (χ2n) is 5.18. The molecule has 1 aliphatic heterocycles. The normalized spacial score (nSPS) is 15.1. The monoisotopic (exact) mass is 304 g/mol. The number of fused-ring (bicyclic) bond motifs is 1. The van der Waals surface area contributed by atoms with E-state index < -0.39 is 6.04 Å². The van der Waals surface area contributed by atoms with Crippen molar-refractivity contribution < 1.29 is 4.79 Å². The summed E-state index contributed by atoms with van der Waals surface area (Å²) in [6.45, 7) is 0.687. The van der Waals surface area contributed by atoms with Crippen LogP contribution in [0.15, 0.2) is 30.6 Å². The van der Waals surface area contributed by atoms with Gasteiger partial charge < -0.3 is 10.2 Å². The number of nitrogens with zero attached hydrogens (tertiary/aromatic N) is 3. The molecule has 1 aromatic carbocycles. The summed E-state index contributed by atoms with van der Waals surface area (Å²) in [5, 5.41) is 7.86. The molecule has 0 aliphatic carbocycles. The Hall–Kier alpha value is -1.85. The van der Waals surface area contributed by atoms with Gasteiger partial charge in [0.1, 0.15) is 6.04 Å². The Kier molecular flexibility index (Phi) is 3.69. The van der Waals surface area contributed by atoms with Crippen molar-refractivity contribution in [2.24, 2.45) is 7.05 Å². The van der Waals surface area contributed by atoms with Gasteiger partial charge in [0, 0.05) is 36.1 Å². The third-order valence-corrected chi connectivity index (χ3v) is 4.04. The molecule has 0 fully saturated rings. The molecule has 1 unspecified atom stereocenters. The molecule has 6 heteroatoms. The molecule has 1 aliphatic rings. The molecular weight excluding hydrogens is 288 g/mol. The number of aromatic nitrogens is 2. The fraction of sp³-hybridized carbons (Fsp3) is 0.333. The Morgan fingerprint density at radius 1 is 1.48 bits per heavy atom. The fourth-order valence-corrected chi connectivity index (χ4v) is 2.93. The van der Waals surface area contributed by atoms with Crippen molar-refractivity contribution in [2.75, 3.05) is 18.5 Å². The van der Waals surface area contributed by atoms with Crippen LogP contribution in [0.2, 0.25) is 5.02 Å². The van der Waals surface area contributed by atoms with E-state index in [0.717, 1.165) is 23.2 Å². The third-order valence-electron chi connectivity index (χ3n) is 3.80. The number of rotatable bonds is 3. The molecule has 3 rings (SSSR count). The zero-order chi connectivity index (χ0) is 15.0. The van der Waals surface area contributed by atoms with Gasteiger partial charge in [0.05, 0.1) is 6.20 Å². The molecule has 1 N–H and O–H groups in total. The van der Waals surface area contributed by atoms with Crippen LogP contribution in [-0.4, -0.2) is 29.3 Å². The SMILES string of the molecule is CNC(C(=O)N1CCc2ccc(Cl)cc21)c1cnn(C)c1. The summed E-state index contributed by atoms with van der Waals surface area (Å²) in [6, 6.07) is 5.32. The number of anilines is 1. The quantitative estimate of drug-likeness (QED) is 0.942. The maximum Gasteiger partial charge on any atom is 0.248 e. The first-order valence-corrected chi connectivity index (χ1v) is 7.23. The largest absolute Gasteiger partial charge is 0.310 e. The van der Waals surface area contributed by atoms with Crippen molar-refractivity contribution in [1.82, 2.24) is 15.1 Å². The number of halogens is 1. The lowest BCUT2D eigenvalue weighted by molar-refractivity contribution is -0.120. The second-order valence-corrected chi connectivity index (χ2v) is 5.62. The Bertz CT molecular complexity index is 682. The Morgan fingerprint density at radius 3 is 2.95 bits per heavy atom. The number of carbonyl (C=O) groups excluding carboxylic acids is 1. The molecule has 0 saturated heterocycles. The van der Waals surface area contributed by atoms with E-state index in [0.29, 0.717) is 11.6 Å². The molecule has 1 amide bonds. The molecule has 1 aromatic heterocycles. The van der Waals surface area contributed by atoms with Crippen molar-refractivity contribution in [3.8, 4) is 0 Å². The van der Waals surface area contributed by atoms with Crippen LogP contribution in [0, 0.1) is 0 Å². The molecule has 0 saturated carbocycles. The first-order chi connectivity index (χ1) is 10.1. The fourth-order valence-electron chi connectivity index (χ4n) is 2.76. The summed E-state index contributed by atoms with van der Waals surface area (Å²) in [5.74, 6) is 0.0199. The Labute approximate surface area is 128 Å². The molecule has 21 heavy (non-hydrogen) atoms. The van der Waals surface area contributed by atoms with Crippen LogP contribution in [0.1, 0.15) is 17.2 Å². The number of nitrogens with one attached hydrogen (secondary N) is 1. The lowest BCUT2D eigenvalue weighted by Crippen LogP contribution is -2.38. The van der Waals surface area contributed by atoms with Gasteiger partial charge in [-0.3, -0.25) is 9.48 Å². The molecule has 2 aromatic rings. The highest BCUT2D eigenvalue weighted by Crippen LogP contribution is 2.32. The number of aryl methyl sites for hydroxylation is 1. The van der Waals surface area contributed by atoms with E-state index in [9.17, 15) is 4.79 Å². The van der Waals surface area contributed by atoms with Crippen LogP contribution in [0.5, 0.6) is 0 Å². The molecular formula is C15H17ClN4O. The van der Waals surface area contributed by atoms with Crippen molar-refractivity contribution >= 4 is 23.2 Å². The Balaban J connectivity index is 1.91. The average Bonchev–Trinajstić information content (AvgIpc) is 3.05. The maximum absolute atomic E-state index is 12.8. The van der Waals surface area contributed by atoms with Crippen LogP contribution >= 0.6 is 11.6 Å². The first-order valence-electron chi connectivity index (χ1n) is 6.86. The minimum absolute atomic E-state index is 0.0199. The van der Waals surface area contributed by atoms with E-state index in [2.05, 4.69) is 10.4 Å². The van der Waals surface area contributed by atoms with Crippen molar-refractivity contribution in [1.29, 1.82) is 0 Å². The predicted molar refractivity (Wildman–Crippen MR) is 82.5 cm³/mol. The smallest absolute Gasteiger partial charge is 0.248 e. The summed E-state index contributed by atoms with van der Waals surface area (Å²) >= 11 is 6.06. The van der Waals surface area contributed by atoms with Gasteiger partial charge in [-0.1, -0.05) is 17.7 Å². The molecule has 0 spiro atoms. The molecule has 5 nitrogen and oxygen atoms in total. The lowest BCUT2D eigenvalue weighted by atomic mass is 10.1. The minimum Gasteiger partial charge on any atom is -0.310 e. The van der Waals surface area contributed by atoms with Crippen molar-refractivity contribution in [3.05, 3.63) is 46.7 Å². The molecule has 0 radical (unpaired) electrons. The first kappa shape index (κ1) is 14.1. The standard InChI is InChI=1S/C15H17ClN4O/c1-17-14(11-8-18-19(2)9-11)15(21)20-6-5-10-3-4-12(16)7-13(10)20/h3-4,7-9,14,17H,5-6H2,1-2H3. The van der Waals surface area contributed by atoms with Gasteiger partial charge in [0.25, 0.3) is 0 Å². The van der Waals surface area contributed by atoms with Gasteiger partial charge in [-0.2, -0.15) is 5.10 Å². The van der Waals surface area contributed by atoms with E-state index in [1.807, 2.05) is 31.4 Å². The van der Waals surface area contributed by atoms with Crippen LogP contribution in [0.4, 0.5) is 5.69 Å². The van der Waals surface area contributed by atoms with E-state index in [4.69, 9.17) is 11.6 Å². The summed E-state index contributed by atoms with van der Waals surface area (Å²) in [5.41, 5.74) is 2.94. The van der Waals surface area contributed by atoms with E-state index in [-0.39, 0.29) is 5.91 Å². The minimum atomic E-state index is -0.399. The molecule has 110 valence electrons. The lowest BCUT2D eigenvalue weighted by Gasteiger charge is -2.23. The number of hydrogen-bond donors (Lipinski definition) is 1. The van der Waals surface area contributed by atoms with Gasteiger partial charge in [-0.25, -0.2) is 0 Å². The molecule has 1 atom stereocenters. The molecule has 0 bridgehead atoms.